The van der Waals surface area contributed by atoms with Gasteiger partial charge in [0.1, 0.15) is 11.6 Å². The summed E-state index contributed by atoms with van der Waals surface area (Å²) < 4.78 is 0. The lowest BCUT2D eigenvalue weighted by molar-refractivity contribution is -0.117. The van der Waals surface area contributed by atoms with Crippen molar-refractivity contribution in [2.24, 2.45) is 0 Å². The molecule has 0 aliphatic carbocycles. The Hall–Kier alpha value is -2.77. The second-order valence-electron chi connectivity index (χ2n) is 5.93. The lowest BCUT2D eigenvalue weighted by atomic mass is 10.1. The van der Waals surface area contributed by atoms with E-state index >= 15 is 0 Å². The molecule has 0 aromatic heterocycles. The van der Waals surface area contributed by atoms with E-state index < -0.39 is 5.91 Å². The Kier molecular flexibility index (Phi) is 7.25. The molecule has 2 rings (SSSR count). The maximum Gasteiger partial charge on any atom is 0.263 e. The van der Waals surface area contributed by atoms with Gasteiger partial charge < -0.3 is 10.6 Å². The third-order valence-electron chi connectivity index (χ3n) is 4.13. The van der Waals surface area contributed by atoms with Gasteiger partial charge >= 0.3 is 0 Å². The number of halogens is 1. The lowest BCUT2D eigenvalue weighted by Gasteiger charge is -2.13. The molecule has 2 aromatic rings. The third kappa shape index (κ3) is 5.37. The molecule has 0 aliphatic heterocycles. The van der Waals surface area contributed by atoms with Crippen molar-refractivity contribution in [3.05, 3.63) is 82.0 Å². The van der Waals surface area contributed by atoms with Crippen LogP contribution in [0.3, 0.4) is 0 Å². The van der Waals surface area contributed by atoms with Gasteiger partial charge in [-0.05, 0) is 36.1 Å². The Bertz CT molecular complexity index is 822. The van der Waals surface area contributed by atoms with Gasteiger partial charge in [0.2, 0.25) is 0 Å². The topological polar surface area (TPSA) is 64.9 Å². The monoisotopic (exact) mass is 367 g/mol. The molecule has 0 radical (unpaired) electrons. The fourth-order valence-electron chi connectivity index (χ4n) is 2.41. The summed E-state index contributed by atoms with van der Waals surface area (Å²) in [6.45, 7) is 4.36. The number of aryl methyl sites for hydroxylation is 1. The minimum Gasteiger partial charge on any atom is -0.383 e. The van der Waals surface area contributed by atoms with Crippen LogP contribution in [0.4, 0.5) is 0 Å². The summed E-state index contributed by atoms with van der Waals surface area (Å²) in [5.74, 6) is -0.437. The molecule has 1 atom stereocenters. The number of nitriles is 1. The SMILES string of the molecule is CCc1ccc(C(C)N/C=C(/C#N)C(=O)NCc2ccccc2Cl)cc1. The van der Waals surface area contributed by atoms with Crippen LogP contribution in [-0.4, -0.2) is 5.91 Å². The molecule has 2 N–H and O–H groups in total. The number of carbonyl (C=O) groups excluding carboxylic acids is 1. The number of nitrogens with one attached hydrogen (secondary N) is 2. The van der Waals surface area contributed by atoms with Crippen LogP contribution in [0.25, 0.3) is 0 Å². The van der Waals surface area contributed by atoms with Gasteiger partial charge in [0.15, 0.2) is 0 Å². The van der Waals surface area contributed by atoms with E-state index in [9.17, 15) is 10.1 Å². The zero-order chi connectivity index (χ0) is 18.9. The van der Waals surface area contributed by atoms with Crippen molar-refractivity contribution >= 4 is 17.5 Å². The summed E-state index contributed by atoms with van der Waals surface area (Å²) in [6.07, 6.45) is 2.45. The molecule has 1 unspecified atom stereocenters. The average molecular weight is 368 g/mol. The van der Waals surface area contributed by atoms with E-state index in [0.29, 0.717) is 5.02 Å². The fraction of sp³-hybridized carbons (Fsp3) is 0.238. The van der Waals surface area contributed by atoms with E-state index in [0.717, 1.165) is 17.5 Å². The van der Waals surface area contributed by atoms with E-state index in [1.807, 2.05) is 43.3 Å². The fourth-order valence-corrected chi connectivity index (χ4v) is 2.61. The first-order valence-corrected chi connectivity index (χ1v) is 8.89. The Labute approximate surface area is 159 Å². The molecule has 0 saturated carbocycles. The first-order chi connectivity index (χ1) is 12.5. The summed E-state index contributed by atoms with van der Waals surface area (Å²) >= 11 is 6.07. The first kappa shape index (κ1) is 19.6. The standard InChI is InChI=1S/C21H22ClN3O/c1-3-16-8-10-17(11-9-16)15(2)24-14-19(12-23)21(26)25-13-18-6-4-5-7-20(18)22/h4-11,14-15,24H,3,13H2,1-2H3,(H,25,26)/b19-14-. The minimum atomic E-state index is -0.437. The highest BCUT2D eigenvalue weighted by Gasteiger charge is 2.11. The maximum atomic E-state index is 12.2. The van der Waals surface area contributed by atoms with Crippen LogP contribution in [-0.2, 0) is 17.8 Å². The Morgan fingerprint density at radius 1 is 1.23 bits per heavy atom. The molecule has 0 saturated heterocycles. The highest BCUT2D eigenvalue weighted by molar-refractivity contribution is 6.31. The Morgan fingerprint density at radius 2 is 1.92 bits per heavy atom. The zero-order valence-corrected chi connectivity index (χ0v) is 15.7. The van der Waals surface area contributed by atoms with Crippen LogP contribution < -0.4 is 10.6 Å². The summed E-state index contributed by atoms with van der Waals surface area (Å²) in [5.41, 5.74) is 3.19. The van der Waals surface area contributed by atoms with Crippen molar-refractivity contribution in [1.82, 2.24) is 10.6 Å². The van der Waals surface area contributed by atoms with Gasteiger partial charge in [-0.15, -0.1) is 0 Å². The van der Waals surface area contributed by atoms with Crippen molar-refractivity contribution < 1.29 is 4.79 Å². The third-order valence-corrected chi connectivity index (χ3v) is 4.50. The maximum absolute atomic E-state index is 12.2. The predicted molar refractivity (Wildman–Crippen MR) is 104 cm³/mol. The number of hydrogen-bond donors (Lipinski definition) is 2. The number of benzene rings is 2. The van der Waals surface area contributed by atoms with E-state index in [2.05, 4.69) is 29.7 Å². The van der Waals surface area contributed by atoms with E-state index in [1.165, 1.54) is 11.8 Å². The molecule has 134 valence electrons. The Balaban J connectivity index is 1.96. The molecule has 4 nitrogen and oxygen atoms in total. The van der Waals surface area contributed by atoms with Gasteiger partial charge in [0.25, 0.3) is 5.91 Å². The van der Waals surface area contributed by atoms with Crippen LogP contribution >= 0.6 is 11.6 Å². The summed E-state index contributed by atoms with van der Waals surface area (Å²) in [5, 5.41) is 15.7. The number of nitrogens with zero attached hydrogens (tertiary/aromatic N) is 1. The van der Waals surface area contributed by atoms with Gasteiger partial charge in [-0.1, -0.05) is 61.0 Å². The van der Waals surface area contributed by atoms with Crippen LogP contribution in [0.15, 0.2) is 60.3 Å². The van der Waals surface area contributed by atoms with Gasteiger partial charge in [-0.25, -0.2) is 0 Å². The molecule has 0 fully saturated rings. The number of amides is 1. The quantitative estimate of drug-likeness (QED) is 0.567. The molecule has 1 amide bonds. The smallest absolute Gasteiger partial charge is 0.263 e. The Morgan fingerprint density at radius 3 is 2.54 bits per heavy atom. The van der Waals surface area contributed by atoms with E-state index in [1.54, 1.807) is 6.07 Å². The van der Waals surface area contributed by atoms with Crippen molar-refractivity contribution in [2.75, 3.05) is 0 Å². The highest BCUT2D eigenvalue weighted by Crippen LogP contribution is 2.15. The van der Waals surface area contributed by atoms with Gasteiger partial charge in [0, 0.05) is 23.8 Å². The molecule has 0 aliphatic rings. The van der Waals surface area contributed by atoms with Crippen molar-refractivity contribution in [3.8, 4) is 6.07 Å². The van der Waals surface area contributed by atoms with Crippen LogP contribution in [0.2, 0.25) is 5.02 Å². The van der Waals surface area contributed by atoms with Crippen LogP contribution in [0.5, 0.6) is 0 Å². The molecular formula is C21H22ClN3O. The second kappa shape index (κ2) is 9.65. The minimum absolute atomic E-state index is 0.0133. The number of carbonyl (C=O) groups is 1. The van der Waals surface area contributed by atoms with Crippen LogP contribution in [0, 0.1) is 11.3 Å². The van der Waals surface area contributed by atoms with Crippen LogP contribution in [0.1, 0.15) is 36.6 Å². The number of rotatable bonds is 7. The van der Waals surface area contributed by atoms with Crippen molar-refractivity contribution in [3.63, 3.8) is 0 Å². The average Bonchev–Trinajstić information content (AvgIpc) is 2.67. The van der Waals surface area contributed by atoms with Gasteiger partial charge in [-0.2, -0.15) is 5.26 Å². The zero-order valence-electron chi connectivity index (χ0n) is 14.9. The molecule has 0 spiro atoms. The molecule has 2 aromatic carbocycles. The van der Waals surface area contributed by atoms with E-state index in [4.69, 9.17) is 11.6 Å². The van der Waals surface area contributed by atoms with Crippen molar-refractivity contribution in [2.45, 2.75) is 32.9 Å². The normalized spacial score (nSPS) is 12.2. The lowest BCUT2D eigenvalue weighted by Crippen LogP contribution is -2.25. The first-order valence-electron chi connectivity index (χ1n) is 8.52. The highest BCUT2D eigenvalue weighted by atomic mass is 35.5. The molecule has 0 bridgehead atoms. The van der Waals surface area contributed by atoms with Gasteiger partial charge in [0.05, 0.1) is 0 Å². The largest absolute Gasteiger partial charge is 0.383 e. The van der Waals surface area contributed by atoms with Crippen molar-refractivity contribution in [1.29, 1.82) is 5.26 Å². The number of hydrogen-bond acceptors (Lipinski definition) is 3. The van der Waals surface area contributed by atoms with Gasteiger partial charge in [-0.3, -0.25) is 4.79 Å². The molecule has 26 heavy (non-hydrogen) atoms. The summed E-state index contributed by atoms with van der Waals surface area (Å²) in [7, 11) is 0. The second-order valence-corrected chi connectivity index (χ2v) is 6.33. The molecule has 5 heteroatoms. The predicted octanol–water partition coefficient (Wildman–Crippen LogP) is 4.28. The summed E-state index contributed by atoms with van der Waals surface area (Å²) in [4.78, 5) is 12.2. The molecular weight excluding hydrogens is 346 g/mol. The van der Waals surface area contributed by atoms with E-state index in [-0.39, 0.29) is 18.2 Å². The summed E-state index contributed by atoms with van der Waals surface area (Å²) in [6, 6.07) is 17.4. The molecule has 0 heterocycles.